The third-order valence-electron chi connectivity index (χ3n) is 3.62. The zero-order valence-electron chi connectivity index (χ0n) is 11.6. The average molecular weight is 282 g/mol. The molecule has 19 heavy (non-hydrogen) atoms. The van der Waals surface area contributed by atoms with Crippen molar-refractivity contribution in [3.8, 4) is 0 Å². The predicted molar refractivity (Wildman–Crippen MR) is 76.9 cm³/mol. The van der Waals surface area contributed by atoms with Gasteiger partial charge in [0.1, 0.15) is 0 Å². The first kappa shape index (κ1) is 14.5. The Hall–Kier alpha value is -0.910. The molecule has 1 unspecified atom stereocenters. The number of sulfone groups is 1. The fraction of sp³-hybridized carbons (Fsp3) is 0.571. The summed E-state index contributed by atoms with van der Waals surface area (Å²) >= 11 is 0. The Kier molecular flexibility index (Phi) is 4.60. The Morgan fingerprint density at radius 3 is 2.58 bits per heavy atom. The van der Waals surface area contributed by atoms with E-state index in [-0.39, 0.29) is 0 Å². The summed E-state index contributed by atoms with van der Waals surface area (Å²) in [5.41, 5.74) is 1.18. The minimum atomic E-state index is -3.08. The van der Waals surface area contributed by atoms with Crippen LogP contribution in [0.15, 0.2) is 29.2 Å². The second-order valence-corrected chi connectivity index (χ2v) is 7.38. The number of hydrogen-bond donors (Lipinski definition) is 1. The van der Waals surface area contributed by atoms with Gasteiger partial charge in [-0.25, -0.2) is 8.42 Å². The number of hydrogen-bond acceptors (Lipinski definition) is 4. The van der Waals surface area contributed by atoms with Crippen LogP contribution < -0.4 is 5.32 Å². The third-order valence-corrected chi connectivity index (χ3v) is 4.75. The molecule has 0 spiro atoms. The summed E-state index contributed by atoms with van der Waals surface area (Å²) in [5.74, 6) is 0.736. The maximum atomic E-state index is 11.4. The minimum absolute atomic E-state index is 0.394. The molecule has 1 saturated heterocycles. The van der Waals surface area contributed by atoms with Crippen molar-refractivity contribution in [2.75, 3.05) is 32.9 Å². The van der Waals surface area contributed by atoms with Crippen LogP contribution in [0.4, 0.5) is 0 Å². The van der Waals surface area contributed by atoms with Crippen molar-refractivity contribution in [1.82, 2.24) is 10.2 Å². The van der Waals surface area contributed by atoms with Crippen molar-refractivity contribution in [2.45, 2.75) is 17.9 Å². The number of nitrogens with zero attached hydrogens (tertiary/aromatic N) is 1. The maximum Gasteiger partial charge on any atom is 0.175 e. The molecule has 0 radical (unpaired) electrons. The molecule has 5 heteroatoms. The van der Waals surface area contributed by atoms with Crippen LogP contribution in [0.1, 0.15) is 12.0 Å². The molecule has 1 aliphatic rings. The minimum Gasteiger partial charge on any atom is -0.319 e. The predicted octanol–water partition coefficient (Wildman–Crippen LogP) is 1.13. The second-order valence-electron chi connectivity index (χ2n) is 5.36. The third kappa shape index (κ3) is 4.03. The molecular formula is C14H22N2O2S. The van der Waals surface area contributed by atoms with Gasteiger partial charge in [-0.15, -0.1) is 0 Å². The Morgan fingerprint density at radius 2 is 2.00 bits per heavy atom. The van der Waals surface area contributed by atoms with Crippen LogP contribution >= 0.6 is 0 Å². The van der Waals surface area contributed by atoms with Gasteiger partial charge >= 0.3 is 0 Å². The van der Waals surface area contributed by atoms with E-state index in [4.69, 9.17) is 0 Å². The SMILES string of the molecule is CNCC1CCN(Cc2ccc(S(C)(=O)=O)cc2)C1. The summed E-state index contributed by atoms with van der Waals surface area (Å²) < 4.78 is 22.8. The number of likely N-dealkylation sites (tertiary alicyclic amines) is 1. The van der Waals surface area contributed by atoms with Gasteiger partial charge in [0.05, 0.1) is 4.90 Å². The lowest BCUT2D eigenvalue weighted by molar-refractivity contribution is 0.315. The summed E-state index contributed by atoms with van der Waals surface area (Å²) in [6.45, 7) is 4.22. The highest BCUT2D eigenvalue weighted by molar-refractivity contribution is 7.90. The number of rotatable bonds is 5. The molecule has 106 valence electrons. The lowest BCUT2D eigenvalue weighted by atomic mass is 10.1. The first-order valence-corrected chi connectivity index (χ1v) is 8.54. The molecule has 1 atom stereocenters. The molecule has 1 heterocycles. The van der Waals surface area contributed by atoms with Gasteiger partial charge in [0.25, 0.3) is 0 Å². The lowest BCUT2D eigenvalue weighted by Crippen LogP contribution is -2.24. The van der Waals surface area contributed by atoms with Crippen LogP contribution in [-0.2, 0) is 16.4 Å². The van der Waals surface area contributed by atoms with Crippen LogP contribution in [0.3, 0.4) is 0 Å². The Labute approximate surface area is 115 Å². The van der Waals surface area contributed by atoms with Gasteiger partial charge in [-0.1, -0.05) is 12.1 Å². The quantitative estimate of drug-likeness (QED) is 0.879. The van der Waals surface area contributed by atoms with E-state index in [0.717, 1.165) is 32.1 Å². The fourth-order valence-corrected chi connectivity index (χ4v) is 3.24. The van der Waals surface area contributed by atoms with Crippen LogP contribution in [0.5, 0.6) is 0 Å². The zero-order chi connectivity index (χ0) is 13.9. The summed E-state index contributed by atoms with van der Waals surface area (Å²) in [7, 11) is -1.09. The molecule has 0 amide bonds. The van der Waals surface area contributed by atoms with E-state index in [9.17, 15) is 8.42 Å². The molecule has 1 aromatic rings. The van der Waals surface area contributed by atoms with Crippen molar-refractivity contribution in [1.29, 1.82) is 0 Å². The molecule has 0 bridgehead atoms. The molecule has 4 nitrogen and oxygen atoms in total. The summed E-state index contributed by atoms with van der Waals surface area (Å²) in [4.78, 5) is 2.82. The highest BCUT2D eigenvalue weighted by Gasteiger charge is 2.21. The first-order valence-electron chi connectivity index (χ1n) is 6.65. The molecular weight excluding hydrogens is 260 g/mol. The van der Waals surface area contributed by atoms with Crippen LogP contribution in [0.2, 0.25) is 0 Å². The smallest absolute Gasteiger partial charge is 0.175 e. The van der Waals surface area contributed by atoms with Gasteiger partial charge < -0.3 is 5.32 Å². The number of benzene rings is 1. The zero-order valence-corrected chi connectivity index (χ0v) is 12.4. The average Bonchev–Trinajstić information content (AvgIpc) is 2.77. The topological polar surface area (TPSA) is 49.4 Å². The molecule has 2 rings (SSSR count). The van der Waals surface area contributed by atoms with E-state index >= 15 is 0 Å². The normalized spacial score (nSPS) is 20.8. The van der Waals surface area contributed by atoms with Gasteiger partial charge in [-0.3, -0.25) is 4.90 Å². The van der Waals surface area contributed by atoms with E-state index in [2.05, 4.69) is 10.2 Å². The standard InChI is InChI=1S/C14H22N2O2S/c1-15-9-13-7-8-16(11-13)10-12-3-5-14(6-4-12)19(2,17)18/h3-6,13,15H,7-11H2,1-2H3. The van der Waals surface area contributed by atoms with Gasteiger partial charge in [0.15, 0.2) is 9.84 Å². The summed E-state index contributed by atoms with van der Waals surface area (Å²) in [5, 5.41) is 3.22. The van der Waals surface area contributed by atoms with E-state index < -0.39 is 9.84 Å². The first-order chi connectivity index (χ1) is 8.99. The number of nitrogens with one attached hydrogen (secondary N) is 1. The summed E-state index contributed by atoms with van der Waals surface area (Å²) in [6, 6.07) is 7.24. The Bertz CT molecular complexity index is 511. The molecule has 0 aliphatic carbocycles. The van der Waals surface area contributed by atoms with Crippen LogP contribution in [-0.4, -0.2) is 46.3 Å². The largest absolute Gasteiger partial charge is 0.319 e. The second kappa shape index (κ2) is 6.03. The van der Waals surface area contributed by atoms with Gasteiger partial charge in [-0.05, 0) is 50.2 Å². The fourth-order valence-electron chi connectivity index (χ4n) is 2.61. The van der Waals surface area contributed by atoms with Crippen molar-refractivity contribution >= 4 is 9.84 Å². The van der Waals surface area contributed by atoms with Crippen molar-refractivity contribution < 1.29 is 8.42 Å². The summed E-state index contributed by atoms with van der Waals surface area (Å²) in [6.07, 6.45) is 2.48. The van der Waals surface area contributed by atoms with Crippen molar-refractivity contribution in [3.05, 3.63) is 29.8 Å². The van der Waals surface area contributed by atoms with E-state index in [1.54, 1.807) is 12.1 Å². The highest BCUT2D eigenvalue weighted by atomic mass is 32.2. The maximum absolute atomic E-state index is 11.4. The van der Waals surface area contributed by atoms with Gasteiger partial charge in [0.2, 0.25) is 0 Å². The van der Waals surface area contributed by atoms with Crippen LogP contribution in [0.25, 0.3) is 0 Å². The molecule has 1 aliphatic heterocycles. The molecule has 0 saturated carbocycles. The monoisotopic (exact) mass is 282 g/mol. The Morgan fingerprint density at radius 1 is 1.32 bits per heavy atom. The van der Waals surface area contributed by atoms with E-state index in [1.807, 2.05) is 19.2 Å². The van der Waals surface area contributed by atoms with E-state index in [0.29, 0.717) is 4.90 Å². The highest BCUT2D eigenvalue weighted by Crippen LogP contribution is 2.19. The van der Waals surface area contributed by atoms with Crippen molar-refractivity contribution in [2.24, 2.45) is 5.92 Å². The Balaban J connectivity index is 1.94. The molecule has 1 N–H and O–H groups in total. The molecule has 1 fully saturated rings. The molecule has 0 aromatic heterocycles. The van der Waals surface area contributed by atoms with Crippen molar-refractivity contribution in [3.63, 3.8) is 0 Å². The van der Waals surface area contributed by atoms with Gasteiger partial charge in [-0.2, -0.15) is 0 Å². The van der Waals surface area contributed by atoms with Gasteiger partial charge in [0, 0.05) is 19.3 Å². The van der Waals surface area contributed by atoms with E-state index in [1.165, 1.54) is 18.2 Å². The lowest BCUT2D eigenvalue weighted by Gasteiger charge is -2.16. The molecule has 1 aromatic carbocycles. The van der Waals surface area contributed by atoms with Crippen LogP contribution in [0, 0.1) is 5.92 Å².